The number of aryl methyl sites for hydroxylation is 1. The zero-order chi connectivity index (χ0) is 16.4. The number of hydrogen-bond acceptors (Lipinski definition) is 4. The van der Waals surface area contributed by atoms with Crippen molar-refractivity contribution >= 4 is 33.8 Å². The van der Waals surface area contributed by atoms with Gasteiger partial charge in [-0.1, -0.05) is 6.07 Å². The van der Waals surface area contributed by atoms with Gasteiger partial charge >= 0.3 is 6.18 Å². The first-order valence-corrected chi connectivity index (χ1v) is 7.75. The summed E-state index contributed by atoms with van der Waals surface area (Å²) in [7, 11) is 0. The van der Waals surface area contributed by atoms with Crippen LogP contribution in [-0.4, -0.2) is 29.0 Å². The van der Waals surface area contributed by atoms with E-state index in [0.29, 0.717) is 24.0 Å². The Kier molecular flexibility index (Phi) is 6.85. The zero-order valence-electron chi connectivity index (χ0n) is 12.3. The summed E-state index contributed by atoms with van der Waals surface area (Å²) >= 11 is 1.28. The summed E-state index contributed by atoms with van der Waals surface area (Å²) in [4.78, 5) is 0. The number of fused-ring (bicyclic) bond motifs is 1. The van der Waals surface area contributed by atoms with Gasteiger partial charge in [-0.25, -0.2) is 0 Å². The second-order valence-corrected chi connectivity index (χ2v) is 6.41. The van der Waals surface area contributed by atoms with Gasteiger partial charge in [-0.2, -0.15) is 13.2 Å². The van der Waals surface area contributed by atoms with Crippen molar-refractivity contribution in [3.05, 3.63) is 34.7 Å². The van der Waals surface area contributed by atoms with Crippen LogP contribution in [0.4, 0.5) is 13.2 Å². The van der Waals surface area contributed by atoms with E-state index in [0.717, 1.165) is 23.1 Å². The van der Waals surface area contributed by atoms with E-state index in [2.05, 4.69) is 0 Å². The van der Waals surface area contributed by atoms with Crippen LogP contribution in [-0.2, 0) is 12.6 Å². The zero-order valence-corrected chi connectivity index (χ0v) is 13.9. The first-order chi connectivity index (χ1) is 10.3. The predicted octanol–water partition coefficient (Wildman–Crippen LogP) is 3.35. The van der Waals surface area contributed by atoms with Crippen molar-refractivity contribution in [1.29, 1.82) is 0 Å². The van der Waals surface area contributed by atoms with Gasteiger partial charge < -0.3 is 15.9 Å². The van der Waals surface area contributed by atoms with E-state index in [1.807, 2.05) is 5.38 Å². The van der Waals surface area contributed by atoms with Crippen molar-refractivity contribution in [2.24, 2.45) is 5.73 Å². The Morgan fingerprint density at radius 1 is 1.13 bits per heavy atom. The lowest BCUT2D eigenvalue weighted by Crippen LogP contribution is -2.47. The smallest absolute Gasteiger partial charge is 0.394 e. The van der Waals surface area contributed by atoms with Crippen LogP contribution in [0.2, 0.25) is 0 Å². The van der Waals surface area contributed by atoms with Gasteiger partial charge in [0.15, 0.2) is 0 Å². The maximum atomic E-state index is 12.7. The summed E-state index contributed by atoms with van der Waals surface area (Å²) < 4.78 is 38.6. The maximum absolute atomic E-state index is 12.7. The van der Waals surface area contributed by atoms with Crippen molar-refractivity contribution in [2.45, 2.75) is 31.0 Å². The lowest BCUT2D eigenvalue weighted by atomic mass is 9.94. The Morgan fingerprint density at radius 3 is 2.35 bits per heavy atom. The number of thiophene rings is 1. The highest BCUT2D eigenvalue weighted by Gasteiger charge is 2.30. The van der Waals surface area contributed by atoms with E-state index >= 15 is 0 Å². The molecule has 130 valence electrons. The minimum atomic E-state index is -4.33. The minimum Gasteiger partial charge on any atom is -0.394 e. The monoisotopic (exact) mass is 369 g/mol. The Morgan fingerprint density at radius 2 is 1.78 bits per heavy atom. The number of halogens is 4. The van der Waals surface area contributed by atoms with E-state index in [-0.39, 0.29) is 25.6 Å². The molecule has 0 unspecified atom stereocenters. The number of alkyl halides is 3. The van der Waals surface area contributed by atoms with Crippen molar-refractivity contribution in [3.8, 4) is 0 Å². The fourth-order valence-electron chi connectivity index (χ4n) is 2.29. The topological polar surface area (TPSA) is 66.5 Å². The van der Waals surface area contributed by atoms with Crippen molar-refractivity contribution in [3.63, 3.8) is 0 Å². The normalized spacial score (nSPS) is 12.4. The Hall–Kier alpha value is -0.860. The molecule has 0 atom stereocenters. The van der Waals surface area contributed by atoms with Crippen LogP contribution in [0, 0.1) is 0 Å². The number of hydrogen-bond donors (Lipinski definition) is 3. The van der Waals surface area contributed by atoms with Gasteiger partial charge in [-0.3, -0.25) is 0 Å². The van der Waals surface area contributed by atoms with E-state index < -0.39 is 17.3 Å². The quantitative estimate of drug-likeness (QED) is 0.731. The molecule has 1 heterocycles. The first kappa shape index (κ1) is 20.2. The summed E-state index contributed by atoms with van der Waals surface area (Å²) in [6.45, 7) is -0.606. The third-order valence-electron chi connectivity index (χ3n) is 3.73. The summed E-state index contributed by atoms with van der Waals surface area (Å²) in [6, 6.07) is 3.75. The molecule has 0 radical (unpaired) electrons. The average molecular weight is 370 g/mol. The molecule has 2 aromatic rings. The number of aliphatic hydroxyl groups is 2. The largest absolute Gasteiger partial charge is 0.416 e. The van der Waals surface area contributed by atoms with E-state index in [1.54, 1.807) is 0 Å². The number of rotatable bonds is 6. The molecule has 23 heavy (non-hydrogen) atoms. The molecule has 2 rings (SSSR count). The highest BCUT2D eigenvalue weighted by atomic mass is 35.5. The number of benzene rings is 1. The third kappa shape index (κ3) is 4.81. The van der Waals surface area contributed by atoms with Crippen LogP contribution < -0.4 is 5.73 Å². The van der Waals surface area contributed by atoms with Gasteiger partial charge in [-0.15, -0.1) is 23.7 Å². The average Bonchev–Trinajstić information content (AvgIpc) is 2.88. The lowest BCUT2D eigenvalue weighted by molar-refractivity contribution is -0.137. The maximum Gasteiger partial charge on any atom is 0.416 e. The molecule has 0 bridgehead atoms. The van der Waals surface area contributed by atoms with E-state index in [1.165, 1.54) is 17.4 Å². The molecular formula is C15H19ClF3NO2S. The third-order valence-corrected chi connectivity index (χ3v) is 4.73. The second-order valence-electron chi connectivity index (χ2n) is 5.50. The molecule has 0 fully saturated rings. The summed E-state index contributed by atoms with van der Waals surface area (Å²) in [6.07, 6.45) is -2.60. The minimum absolute atomic E-state index is 0. The molecule has 0 saturated carbocycles. The molecule has 8 heteroatoms. The van der Waals surface area contributed by atoms with Crippen LogP contribution in [0.3, 0.4) is 0 Å². The van der Waals surface area contributed by atoms with Crippen LogP contribution in [0.5, 0.6) is 0 Å². The molecule has 1 aromatic heterocycles. The Balaban J connectivity index is 0.00000264. The highest BCUT2D eigenvalue weighted by molar-refractivity contribution is 7.17. The second kappa shape index (κ2) is 7.81. The first-order valence-electron chi connectivity index (χ1n) is 6.87. The number of nitrogens with two attached hydrogens (primary N) is 1. The lowest BCUT2D eigenvalue weighted by Gasteiger charge is -2.24. The van der Waals surface area contributed by atoms with Gasteiger partial charge in [0.25, 0.3) is 0 Å². The van der Waals surface area contributed by atoms with Crippen LogP contribution >= 0.6 is 23.7 Å². The predicted molar refractivity (Wildman–Crippen MR) is 88.1 cm³/mol. The highest BCUT2D eigenvalue weighted by Crippen LogP contribution is 2.35. The van der Waals surface area contributed by atoms with Crippen molar-refractivity contribution < 1.29 is 23.4 Å². The standard InChI is InChI=1S/C15H18F3NO2S.ClH/c16-15(17,18)11-3-4-12-10(7-22-13(12)6-11)2-1-5-14(19,8-20)9-21;/h3-4,6-7,20-21H,1-2,5,8-9,19H2;1H. The molecule has 3 nitrogen and oxygen atoms in total. The van der Waals surface area contributed by atoms with Crippen molar-refractivity contribution in [1.82, 2.24) is 0 Å². The molecule has 0 aliphatic heterocycles. The molecule has 4 N–H and O–H groups in total. The van der Waals surface area contributed by atoms with Gasteiger partial charge in [0.1, 0.15) is 0 Å². The van der Waals surface area contributed by atoms with Gasteiger partial charge in [0.2, 0.25) is 0 Å². The molecule has 1 aromatic carbocycles. The molecule has 0 amide bonds. The summed E-state index contributed by atoms with van der Waals surface area (Å²) in [5.74, 6) is 0. The molecule has 0 aliphatic rings. The van der Waals surface area contributed by atoms with Crippen molar-refractivity contribution in [2.75, 3.05) is 13.2 Å². The van der Waals surface area contributed by atoms with Crippen LogP contribution in [0.1, 0.15) is 24.0 Å². The van der Waals surface area contributed by atoms with E-state index in [9.17, 15) is 13.2 Å². The summed E-state index contributed by atoms with van der Waals surface area (Å²) in [5, 5.41) is 20.9. The number of aliphatic hydroxyl groups excluding tert-OH is 2. The molecule has 0 spiro atoms. The Labute approximate surface area is 142 Å². The SMILES string of the molecule is Cl.NC(CO)(CO)CCCc1csc2cc(C(F)(F)F)ccc12. The van der Waals surface area contributed by atoms with Crippen LogP contribution in [0.15, 0.2) is 23.6 Å². The van der Waals surface area contributed by atoms with E-state index in [4.69, 9.17) is 15.9 Å². The molecule has 0 saturated heterocycles. The van der Waals surface area contributed by atoms with Gasteiger partial charge in [0.05, 0.1) is 24.3 Å². The van der Waals surface area contributed by atoms with Crippen LogP contribution in [0.25, 0.3) is 10.1 Å². The van der Waals surface area contributed by atoms with Gasteiger partial charge in [-0.05, 0) is 47.7 Å². The fourth-order valence-corrected chi connectivity index (χ4v) is 3.33. The molecular weight excluding hydrogens is 351 g/mol. The molecule has 0 aliphatic carbocycles. The Bertz CT molecular complexity index is 641. The fraction of sp³-hybridized carbons (Fsp3) is 0.467. The van der Waals surface area contributed by atoms with Gasteiger partial charge in [0, 0.05) is 4.70 Å². The summed E-state index contributed by atoms with van der Waals surface area (Å²) in [5.41, 5.74) is 5.11.